The fourth-order valence-corrected chi connectivity index (χ4v) is 2.05. The minimum absolute atomic E-state index is 0. The van der Waals surface area contributed by atoms with Crippen LogP contribution in [0.15, 0.2) is 29.3 Å². The molecular formula is C17H29FIN3O2. The van der Waals surface area contributed by atoms with Crippen molar-refractivity contribution >= 4 is 29.9 Å². The van der Waals surface area contributed by atoms with E-state index in [1.165, 1.54) is 6.07 Å². The van der Waals surface area contributed by atoms with Gasteiger partial charge in [-0.05, 0) is 31.0 Å². The third kappa shape index (κ3) is 10.0. The van der Waals surface area contributed by atoms with Crippen LogP contribution in [0.4, 0.5) is 4.39 Å². The summed E-state index contributed by atoms with van der Waals surface area (Å²) in [6.07, 6.45) is 0.854. The molecule has 0 bridgehead atoms. The Kier molecular flexibility index (Phi) is 13.9. The maximum atomic E-state index is 13.3. The van der Waals surface area contributed by atoms with Gasteiger partial charge in [-0.15, -0.1) is 24.0 Å². The van der Waals surface area contributed by atoms with Crippen molar-refractivity contribution in [3.63, 3.8) is 0 Å². The van der Waals surface area contributed by atoms with Crippen molar-refractivity contribution in [2.24, 2.45) is 4.99 Å². The predicted octanol–water partition coefficient (Wildman–Crippen LogP) is 2.89. The smallest absolute Gasteiger partial charge is 0.193 e. The topological polar surface area (TPSA) is 46.1 Å². The van der Waals surface area contributed by atoms with Gasteiger partial charge in [0.1, 0.15) is 5.82 Å². The lowest BCUT2D eigenvalue weighted by atomic mass is 10.2. The van der Waals surface area contributed by atoms with E-state index in [1.54, 1.807) is 19.2 Å². The molecule has 7 heteroatoms. The first-order valence-electron chi connectivity index (χ1n) is 7.98. The van der Waals surface area contributed by atoms with Crippen molar-refractivity contribution < 1.29 is 13.9 Å². The zero-order valence-electron chi connectivity index (χ0n) is 14.8. The highest BCUT2D eigenvalue weighted by Gasteiger charge is 2.06. The fraction of sp³-hybridized carbons (Fsp3) is 0.588. The molecule has 24 heavy (non-hydrogen) atoms. The Morgan fingerprint density at radius 2 is 2.08 bits per heavy atom. The van der Waals surface area contributed by atoms with Crippen LogP contribution >= 0.6 is 24.0 Å². The molecule has 0 aromatic heterocycles. The van der Waals surface area contributed by atoms with Gasteiger partial charge in [-0.3, -0.25) is 4.99 Å². The van der Waals surface area contributed by atoms with Gasteiger partial charge >= 0.3 is 0 Å². The summed E-state index contributed by atoms with van der Waals surface area (Å²) < 4.78 is 23.6. The van der Waals surface area contributed by atoms with Gasteiger partial charge in [-0.25, -0.2) is 4.39 Å². The number of methoxy groups -OCH3 is 1. The molecule has 1 N–H and O–H groups in total. The normalized spacial score (nSPS) is 11.1. The van der Waals surface area contributed by atoms with E-state index >= 15 is 0 Å². The summed E-state index contributed by atoms with van der Waals surface area (Å²) in [6.45, 7) is 5.99. The van der Waals surface area contributed by atoms with E-state index in [-0.39, 0.29) is 29.8 Å². The Bertz CT molecular complexity index is 475. The van der Waals surface area contributed by atoms with Gasteiger partial charge in [0.05, 0.1) is 13.2 Å². The molecule has 1 aromatic rings. The van der Waals surface area contributed by atoms with Crippen LogP contribution in [0.2, 0.25) is 0 Å². The molecule has 0 aliphatic carbocycles. The molecule has 0 radical (unpaired) electrons. The highest BCUT2D eigenvalue weighted by atomic mass is 127. The summed E-state index contributed by atoms with van der Waals surface area (Å²) in [5.41, 5.74) is 0.918. The number of benzene rings is 1. The van der Waals surface area contributed by atoms with Crippen LogP contribution in [-0.2, 0) is 16.0 Å². The van der Waals surface area contributed by atoms with Gasteiger partial charge in [-0.1, -0.05) is 12.1 Å². The maximum Gasteiger partial charge on any atom is 0.193 e. The summed E-state index contributed by atoms with van der Waals surface area (Å²) in [6, 6.07) is 6.63. The number of guanidine groups is 1. The number of nitrogens with one attached hydrogen (secondary N) is 1. The van der Waals surface area contributed by atoms with E-state index in [4.69, 9.17) is 9.47 Å². The summed E-state index contributed by atoms with van der Waals surface area (Å²) in [5, 5.41) is 3.25. The number of nitrogens with zero attached hydrogens (tertiary/aromatic N) is 2. The first kappa shape index (κ1) is 23.1. The standard InChI is InChI=1S/C17H28FN3O2.HI/c1-4-19-17(20-9-6-10-23-12-11-22-3)21(2)14-15-7-5-8-16(18)13-15;/h5,7-8,13H,4,6,9-12,14H2,1-3H3,(H,19,20);1H. The van der Waals surface area contributed by atoms with Crippen LogP contribution in [0.25, 0.3) is 0 Å². The summed E-state index contributed by atoms with van der Waals surface area (Å²) in [7, 11) is 3.60. The Morgan fingerprint density at radius 3 is 2.75 bits per heavy atom. The van der Waals surface area contributed by atoms with Gasteiger partial charge in [0.2, 0.25) is 0 Å². The molecule has 0 atom stereocenters. The van der Waals surface area contributed by atoms with Crippen molar-refractivity contribution in [1.29, 1.82) is 0 Å². The number of hydrogen-bond donors (Lipinski definition) is 1. The van der Waals surface area contributed by atoms with Crippen molar-refractivity contribution in [3.05, 3.63) is 35.6 Å². The molecule has 0 amide bonds. The summed E-state index contributed by atoms with van der Waals surface area (Å²) >= 11 is 0. The Morgan fingerprint density at radius 1 is 1.29 bits per heavy atom. The third-order valence-electron chi connectivity index (χ3n) is 3.15. The molecule has 5 nitrogen and oxygen atoms in total. The Labute approximate surface area is 161 Å². The molecule has 138 valence electrons. The highest BCUT2D eigenvalue weighted by molar-refractivity contribution is 14.0. The second-order valence-corrected chi connectivity index (χ2v) is 5.18. The maximum absolute atomic E-state index is 13.3. The second-order valence-electron chi connectivity index (χ2n) is 5.18. The molecule has 0 saturated heterocycles. The van der Waals surface area contributed by atoms with Crippen LogP contribution in [0.1, 0.15) is 18.9 Å². The van der Waals surface area contributed by atoms with Gasteiger partial charge < -0.3 is 19.7 Å². The lowest BCUT2D eigenvalue weighted by molar-refractivity contribution is 0.0702. The lowest BCUT2D eigenvalue weighted by Gasteiger charge is -2.22. The van der Waals surface area contributed by atoms with Crippen molar-refractivity contribution in [3.8, 4) is 0 Å². The van der Waals surface area contributed by atoms with Crippen LogP contribution in [0.3, 0.4) is 0 Å². The molecule has 0 unspecified atom stereocenters. The Hall–Kier alpha value is -0.930. The predicted molar refractivity (Wildman–Crippen MR) is 107 cm³/mol. The summed E-state index contributed by atoms with van der Waals surface area (Å²) in [5.74, 6) is 0.597. The van der Waals surface area contributed by atoms with Gasteiger partial charge in [-0.2, -0.15) is 0 Å². The fourth-order valence-electron chi connectivity index (χ4n) is 2.05. The molecule has 0 spiro atoms. The quantitative estimate of drug-likeness (QED) is 0.256. The van der Waals surface area contributed by atoms with Crippen molar-refractivity contribution in [1.82, 2.24) is 10.2 Å². The molecule has 0 saturated carbocycles. The lowest BCUT2D eigenvalue weighted by Crippen LogP contribution is -2.38. The van der Waals surface area contributed by atoms with E-state index < -0.39 is 0 Å². The molecule has 0 heterocycles. The first-order chi connectivity index (χ1) is 11.2. The van der Waals surface area contributed by atoms with E-state index in [0.29, 0.717) is 32.9 Å². The van der Waals surface area contributed by atoms with E-state index in [0.717, 1.165) is 24.5 Å². The molecule has 1 aromatic carbocycles. The number of halogens is 2. The monoisotopic (exact) mass is 453 g/mol. The first-order valence-corrected chi connectivity index (χ1v) is 7.98. The van der Waals surface area contributed by atoms with Crippen LogP contribution in [0, 0.1) is 5.82 Å². The minimum Gasteiger partial charge on any atom is -0.382 e. The zero-order valence-corrected chi connectivity index (χ0v) is 17.1. The average Bonchev–Trinajstić information content (AvgIpc) is 2.53. The third-order valence-corrected chi connectivity index (χ3v) is 3.15. The van der Waals surface area contributed by atoms with E-state index in [1.807, 2.05) is 24.9 Å². The largest absolute Gasteiger partial charge is 0.382 e. The van der Waals surface area contributed by atoms with E-state index in [2.05, 4.69) is 10.3 Å². The number of hydrogen-bond acceptors (Lipinski definition) is 3. The molecular weight excluding hydrogens is 424 g/mol. The van der Waals surface area contributed by atoms with Crippen molar-refractivity contribution in [2.75, 3.05) is 47.1 Å². The molecule has 0 fully saturated rings. The zero-order chi connectivity index (χ0) is 16.9. The number of aliphatic imine (C=N–C) groups is 1. The highest BCUT2D eigenvalue weighted by Crippen LogP contribution is 2.06. The molecule has 0 aliphatic rings. The number of rotatable bonds is 10. The van der Waals surface area contributed by atoms with Crippen LogP contribution in [-0.4, -0.2) is 57.9 Å². The van der Waals surface area contributed by atoms with Gasteiger partial charge in [0, 0.05) is 40.4 Å². The van der Waals surface area contributed by atoms with Crippen LogP contribution in [0.5, 0.6) is 0 Å². The Balaban J connectivity index is 0.00000529. The van der Waals surface area contributed by atoms with Crippen LogP contribution < -0.4 is 5.32 Å². The molecule has 1 rings (SSSR count). The van der Waals surface area contributed by atoms with Gasteiger partial charge in [0.25, 0.3) is 0 Å². The molecule has 0 aliphatic heterocycles. The van der Waals surface area contributed by atoms with Crippen molar-refractivity contribution in [2.45, 2.75) is 19.9 Å². The SMILES string of the molecule is CCNC(=NCCCOCCOC)N(C)Cc1cccc(F)c1.I. The minimum atomic E-state index is -0.217. The van der Waals surface area contributed by atoms with Gasteiger partial charge in [0.15, 0.2) is 5.96 Å². The number of ether oxygens (including phenoxy) is 2. The average molecular weight is 453 g/mol. The van der Waals surface area contributed by atoms with E-state index in [9.17, 15) is 4.39 Å². The summed E-state index contributed by atoms with van der Waals surface area (Å²) in [4.78, 5) is 6.57. The second kappa shape index (κ2) is 14.4.